The fraction of sp³-hybridized carbons (Fsp3) is 0.0417. The Morgan fingerprint density at radius 3 is 2.59 bits per heavy atom. The molecule has 4 rings (SSSR count). The second kappa shape index (κ2) is 8.35. The van der Waals surface area contributed by atoms with Crippen LogP contribution in [0.25, 0.3) is 22.2 Å². The molecular weight excluding hydrogens is 362 g/mol. The van der Waals surface area contributed by atoms with Crippen LogP contribution in [-0.4, -0.2) is 24.2 Å². The first-order chi connectivity index (χ1) is 14.2. The summed E-state index contributed by atoms with van der Waals surface area (Å²) >= 11 is 0. The Labute approximate surface area is 168 Å². The molecule has 0 saturated carbocycles. The molecule has 0 radical (unpaired) electrons. The van der Waals surface area contributed by atoms with E-state index in [1.165, 1.54) is 0 Å². The Hall–Kier alpha value is -3.99. The van der Waals surface area contributed by atoms with Gasteiger partial charge in [0.25, 0.3) is 5.91 Å². The lowest BCUT2D eigenvalue weighted by Gasteiger charge is -2.09. The maximum Gasteiger partial charge on any atom is 0.272 e. The van der Waals surface area contributed by atoms with Gasteiger partial charge in [-0.05, 0) is 29.8 Å². The molecule has 4 aromatic rings. The van der Waals surface area contributed by atoms with E-state index in [4.69, 9.17) is 9.72 Å². The van der Waals surface area contributed by atoms with Crippen LogP contribution in [0.1, 0.15) is 15.9 Å². The number of hydrazone groups is 1. The second-order valence-corrected chi connectivity index (χ2v) is 6.41. The van der Waals surface area contributed by atoms with Gasteiger partial charge in [-0.15, -0.1) is 0 Å². The molecule has 1 amide bonds. The van der Waals surface area contributed by atoms with E-state index in [-0.39, 0.29) is 5.91 Å². The van der Waals surface area contributed by atoms with Crippen molar-refractivity contribution in [3.8, 4) is 17.0 Å². The first kappa shape index (κ1) is 18.4. The molecule has 29 heavy (non-hydrogen) atoms. The lowest BCUT2D eigenvalue weighted by Crippen LogP contribution is -2.18. The molecule has 0 fully saturated rings. The molecule has 142 valence electrons. The van der Waals surface area contributed by atoms with E-state index in [0.717, 1.165) is 33.5 Å². The third-order valence-corrected chi connectivity index (χ3v) is 4.50. The van der Waals surface area contributed by atoms with Crippen molar-refractivity contribution in [1.82, 2.24) is 10.4 Å². The Kier molecular flexibility index (Phi) is 5.29. The lowest BCUT2D eigenvalue weighted by molar-refractivity contribution is 0.0956. The van der Waals surface area contributed by atoms with E-state index in [1.54, 1.807) is 19.4 Å². The number of carbonyl (C=O) groups is 1. The molecule has 0 atom stereocenters. The van der Waals surface area contributed by atoms with Crippen LogP contribution < -0.4 is 10.2 Å². The van der Waals surface area contributed by atoms with Crippen molar-refractivity contribution >= 4 is 23.0 Å². The van der Waals surface area contributed by atoms with Gasteiger partial charge in [0.15, 0.2) is 0 Å². The Morgan fingerprint density at radius 2 is 1.76 bits per heavy atom. The number of ether oxygens (including phenoxy) is 1. The summed E-state index contributed by atoms with van der Waals surface area (Å²) in [6, 6.07) is 26.6. The third-order valence-electron chi connectivity index (χ3n) is 4.50. The zero-order chi connectivity index (χ0) is 20.1. The maximum atomic E-state index is 12.9. The Balaban J connectivity index is 1.65. The van der Waals surface area contributed by atoms with Crippen LogP contribution in [0.15, 0.2) is 90.0 Å². The zero-order valence-corrected chi connectivity index (χ0v) is 15.9. The van der Waals surface area contributed by atoms with E-state index in [1.807, 2.05) is 78.9 Å². The number of nitrogens with one attached hydrogen (secondary N) is 1. The minimum Gasteiger partial charge on any atom is -0.497 e. The topological polar surface area (TPSA) is 63.6 Å². The zero-order valence-electron chi connectivity index (χ0n) is 15.9. The number of fused-ring (bicyclic) bond motifs is 1. The van der Waals surface area contributed by atoms with Gasteiger partial charge >= 0.3 is 0 Å². The van der Waals surface area contributed by atoms with Crippen LogP contribution in [0, 0.1) is 0 Å². The SMILES string of the molecule is COc1cccc(C=NNC(=O)c2cc(-c3ccccc3)nc3ccccc23)c1. The first-order valence-electron chi connectivity index (χ1n) is 9.17. The molecule has 5 nitrogen and oxygen atoms in total. The molecule has 0 spiro atoms. The number of amides is 1. The summed E-state index contributed by atoms with van der Waals surface area (Å²) in [5, 5.41) is 4.88. The molecule has 0 aliphatic carbocycles. The number of hydrogen-bond acceptors (Lipinski definition) is 4. The molecular formula is C24H19N3O2. The van der Waals surface area contributed by atoms with Crippen LogP contribution in [-0.2, 0) is 0 Å². The largest absolute Gasteiger partial charge is 0.497 e. The highest BCUT2D eigenvalue weighted by Gasteiger charge is 2.13. The number of aromatic nitrogens is 1. The summed E-state index contributed by atoms with van der Waals surface area (Å²) in [4.78, 5) is 17.6. The van der Waals surface area contributed by atoms with Gasteiger partial charge in [0, 0.05) is 10.9 Å². The average Bonchev–Trinajstić information content (AvgIpc) is 2.79. The van der Waals surface area contributed by atoms with Crippen LogP contribution in [0.2, 0.25) is 0 Å². The van der Waals surface area contributed by atoms with Gasteiger partial charge < -0.3 is 4.74 Å². The van der Waals surface area contributed by atoms with Crippen LogP contribution in [0.5, 0.6) is 5.75 Å². The van der Waals surface area contributed by atoms with Gasteiger partial charge in [-0.1, -0.05) is 60.7 Å². The number of carbonyl (C=O) groups excluding carboxylic acids is 1. The molecule has 1 aromatic heterocycles. The number of benzene rings is 3. The van der Waals surface area contributed by atoms with Crippen molar-refractivity contribution in [2.75, 3.05) is 7.11 Å². The van der Waals surface area contributed by atoms with Gasteiger partial charge in [0.2, 0.25) is 0 Å². The van der Waals surface area contributed by atoms with Crippen molar-refractivity contribution in [2.45, 2.75) is 0 Å². The van der Waals surface area contributed by atoms with Crippen LogP contribution in [0.3, 0.4) is 0 Å². The third kappa shape index (κ3) is 4.14. The minimum atomic E-state index is -0.292. The molecule has 5 heteroatoms. The molecule has 0 aliphatic rings. The van der Waals surface area contributed by atoms with Crippen molar-refractivity contribution < 1.29 is 9.53 Å². The van der Waals surface area contributed by atoms with Crippen LogP contribution >= 0.6 is 0 Å². The van der Waals surface area contributed by atoms with E-state index < -0.39 is 0 Å². The number of para-hydroxylation sites is 1. The van der Waals surface area contributed by atoms with Gasteiger partial charge in [-0.3, -0.25) is 4.79 Å². The molecule has 0 aliphatic heterocycles. The predicted molar refractivity (Wildman–Crippen MR) is 115 cm³/mol. The number of hydrogen-bond donors (Lipinski definition) is 1. The van der Waals surface area contributed by atoms with E-state index in [9.17, 15) is 4.79 Å². The highest BCUT2D eigenvalue weighted by Crippen LogP contribution is 2.24. The maximum absolute atomic E-state index is 12.9. The van der Waals surface area contributed by atoms with Crippen molar-refractivity contribution in [3.05, 3.63) is 96.1 Å². The molecule has 1 N–H and O–H groups in total. The van der Waals surface area contributed by atoms with Crippen molar-refractivity contribution in [1.29, 1.82) is 0 Å². The van der Waals surface area contributed by atoms with Crippen LogP contribution in [0.4, 0.5) is 0 Å². The highest BCUT2D eigenvalue weighted by molar-refractivity contribution is 6.07. The van der Waals surface area contributed by atoms with E-state index in [2.05, 4.69) is 10.5 Å². The highest BCUT2D eigenvalue weighted by atomic mass is 16.5. The van der Waals surface area contributed by atoms with Gasteiger partial charge in [-0.25, -0.2) is 10.4 Å². The summed E-state index contributed by atoms with van der Waals surface area (Å²) < 4.78 is 5.20. The van der Waals surface area contributed by atoms with Gasteiger partial charge in [0.05, 0.1) is 30.1 Å². The van der Waals surface area contributed by atoms with E-state index >= 15 is 0 Å². The van der Waals surface area contributed by atoms with E-state index in [0.29, 0.717) is 5.56 Å². The lowest BCUT2D eigenvalue weighted by atomic mass is 10.0. The number of methoxy groups -OCH3 is 1. The monoisotopic (exact) mass is 381 g/mol. The molecule has 0 unspecified atom stereocenters. The summed E-state index contributed by atoms with van der Waals surface area (Å²) in [6.45, 7) is 0. The Bertz CT molecular complexity index is 1190. The minimum absolute atomic E-state index is 0.292. The first-order valence-corrected chi connectivity index (χ1v) is 9.17. The number of pyridine rings is 1. The fourth-order valence-corrected chi connectivity index (χ4v) is 3.07. The van der Waals surface area contributed by atoms with Crippen molar-refractivity contribution in [3.63, 3.8) is 0 Å². The Morgan fingerprint density at radius 1 is 0.966 bits per heavy atom. The number of rotatable bonds is 5. The van der Waals surface area contributed by atoms with Gasteiger partial charge in [-0.2, -0.15) is 5.10 Å². The molecule has 1 heterocycles. The summed E-state index contributed by atoms with van der Waals surface area (Å²) in [7, 11) is 1.61. The normalized spacial score (nSPS) is 10.9. The standard InChI is InChI=1S/C24H19N3O2/c1-29-19-11-7-8-17(14-19)16-25-27-24(28)21-15-23(18-9-3-2-4-10-18)26-22-13-6-5-12-20(21)22/h2-16H,1H3,(H,27,28). The van der Waals surface area contributed by atoms with Crippen molar-refractivity contribution in [2.24, 2.45) is 5.10 Å². The summed E-state index contributed by atoms with van der Waals surface area (Å²) in [5.74, 6) is 0.438. The predicted octanol–water partition coefficient (Wildman–Crippen LogP) is 4.67. The second-order valence-electron chi connectivity index (χ2n) is 6.41. The molecule has 3 aromatic carbocycles. The smallest absolute Gasteiger partial charge is 0.272 e. The summed E-state index contributed by atoms with van der Waals surface area (Å²) in [5.41, 5.74) is 6.42. The summed E-state index contributed by atoms with van der Waals surface area (Å²) in [6.07, 6.45) is 1.59. The molecule has 0 saturated heterocycles. The molecule has 0 bridgehead atoms. The quantitative estimate of drug-likeness (QED) is 0.403. The fourth-order valence-electron chi connectivity index (χ4n) is 3.07. The van der Waals surface area contributed by atoms with Gasteiger partial charge in [0.1, 0.15) is 5.75 Å². The average molecular weight is 381 g/mol. The number of nitrogens with zero attached hydrogens (tertiary/aromatic N) is 2.